The number of unbranched alkanes of at least 4 members (excludes halogenated alkanes) is 1. The van der Waals surface area contributed by atoms with Crippen LogP contribution in [-0.2, 0) is 0 Å². The first kappa shape index (κ1) is 20.6. The van der Waals surface area contributed by atoms with E-state index >= 15 is 0 Å². The first-order valence-electron chi connectivity index (χ1n) is 11.2. The summed E-state index contributed by atoms with van der Waals surface area (Å²) in [7, 11) is 0. The summed E-state index contributed by atoms with van der Waals surface area (Å²) in [6, 6.07) is 8.56. The predicted octanol–water partition coefficient (Wildman–Crippen LogP) is 6.29. The van der Waals surface area contributed by atoms with Gasteiger partial charge >= 0.3 is 0 Å². The van der Waals surface area contributed by atoms with Crippen molar-refractivity contribution >= 4 is 0 Å². The van der Waals surface area contributed by atoms with Crippen molar-refractivity contribution in [2.24, 2.45) is 11.3 Å². The molecule has 2 aliphatic carbocycles. The van der Waals surface area contributed by atoms with Gasteiger partial charge in [-0.2, -0.15) is 0 Å². The van der Waals surface area contributed by atoms with Crippen molar-refractivity contribution in [1.82, 2.24) is 0 Å². The second kappa shape index (κ2) is 9.39. The van der Waals surface area contributed by atoms with Gasteiger partial charge in [-0.15, -0.1) is 0 Å². The van der Waals surface area contributed by atoms with E-state index < -0.39 is 0 Å². The van der Waals surface area contributed by atoms with E-state index in [0.717, 1.165) is 56.9 Å². The Hall–Kier alpha value is -1.12. The van der Waals surface area contributed by atoms with Crippen molar-refractivity contribution in [1.29, 1.82) is 0 Å². The lowest BCUT2D eigenvalue weighted by Gasteiger charge is -2.46. The van der Waals surface area contributed by atoms with Crippen LogP contribution in [0.1, 0.15) is 101 Å². The topological polar surface area (TPSA) is 40.5 Å². The number of allylic oxidation sites excluding steroid dienone is 2. The maximum Gasteiger partial charge on any atom is 0.0846 e. The Labute approximate surface area is 165 Å². The number of aliphatic hydroxyl groups is 2. The number of rotatable bonds is 9. The van der Waals surface area contributed by atoms with E-state index in [9.17, 15) is 10.2 Å². The first-order valence-corrected chi connectivity index (χ1v) is 11.2. The molecular weight excluding hydrogens is 332 g/mol. The summed E-state index contributed by atoms with van der Waals surface area (Å²) in [5.74, 6) is 0.762. The highest BCUT2D eigenvalue weighted by Crippen LogP contribution is 2.53. The van der Waals surface area contributed by atoms with E-state index in [2.05, 4.69) is 50.3 Å². The van der Waals surface area contributed by atoms with E-state index in [4.69, 9.17) is 0 Å². The maximum absolute atomic E-state index is 11.0. The standard InChI is InChI=1S/C25H38O2/c1-3-5-6-7-9-19-14-15-22(26)23(19)20-10-12-21(13-11-20)24(27)25(16-4-2)17-8-18-25/h6-7,10-13,19,22-24,26-27H,3-5,8-9,14-18H2,1-2H3/t19-,22+,23-,24?/m0/s1. The van der Waals surface area contributed by atoms with Gasteiger partial charge in [0, 0.05) is 11.3 Å². The molecule has 2 saturated carbocycles. The first-order chi connectivity index (χ1) is 13.1. The molecule has 3 rings (SSSR count). The van der Waals surface area contributed by atoms with Crippen molar-refractivity contribution in [3.05, 3.63) is 47.5 Å². The van der Waals surface area contributed by atoms with Crippen LogP contribution in [0.15, 0.2) is 36.4 Å². The predicted molar refractivity (Wildman–Crippen MR) is 113 cm³/mol. The van der Waals surface area contributed by atoms with E-state index in [-0.39, 0.29) is 23.5 Å². The third kappa shape index (κ3) is 4.49. The Morgan fingerprint density at radius 1 is 1.07 bits per heavy atom. The largest absolute Gasteiger partial charge is 0.392 e. The van der Waals surface area contributed by atoms with Gasteiger partial charge in [0.2, 0.25) is 0 Å². The fourth-order valence-electron chi connectivity index (χ4n) is 5.42. The van der Waals surface area contributed by atoms with Crippen LogP contribution in [0, 0.1) is 11.3 Å². The highest BCUT2D eigenvalue weighted by atomic mass is 16.3. The fraction of sp³-hybridized carbons (Fsp3) is 0.680. The van der Waals surface area contributed by atoms with Crippen LogP contribution in [0.2, 0.25) is 0 Å². The molecule has 0 saturated heterocycles. The number of benzene rings is 1. The summed E-state index contributed by atoms with van der Waals surface area (Å²) in [6.45, 7) is 4.42. The van der Waals surface area contributed by atoms with Crippen LogP contribution >= 0.6 is 0 Å². The van der Waals surface area contributed by atoms with Crippen LogP contribution in [0.5, 0.6) is 0 Å². The normalized spacial score (nSPS) is 28.4. The average Bonchev–Trinajstić information content (AvgIpc) is 3.02. The maximum atomic E-state index is 11.0. The highest BCUT2D eigenvalue weighted by Gasteiger charge is 2.43. The molecule has 0 amide bonds. The average molecular weight is 371 g/mol. The van der Waals surface area contributed by atoms with E-state index in [1.807, 2.05) is 0 Å². The third-order valence-electron chi connectivity index (χ3n) is 7.13. The molecule has 27 heavy (non-hydrogen) atoms. The van der Waals surface area contributed by atoms with Gasteiger partial charge in [-0.05, 0) is 62.0 Å². The minimum absolute atomic E-state index is 0.107. The van der Waals surface area contributed by atoms with Gasteiger partial charge in [-0.25, -0.2) is 0 Å². The molecule has 0 radical (unpaired) electrons. The van der Waals surface area contributed by atoms with E-state index in [1.165, 1.54) is 18.4 Å². The molecular formula is C25H38O2. The Morgan fingerprint density at radius 3 is 2.41 bits per heavy atom. The second-order valence-corrected chi connectivity index (χ2v) is 8.96. The zero-order chi connectivity index (χ0) is 19.3. The van der Waals surface area contributed by atoms with Crippen molar-refractivity contribution in [2.75, 3.05) is 0 Å². The van der Waals surface area contributed by atoms with Gasteiger partial charge in [0.1, 0.15) is 0 Å². The van der Waals surface area contributed by atoms with Crippen LogP contribution in [0.3, 0.4) is 0 Å². The molecule has 0 bridgehead atoms. The van der Waals surface area contributed by atoms with Crippen molar-refractivity contribution in [3.63, 3.8) is 0 Å². The lowest BCUT2D eigenvalue weighted by molar-refractivity contribution is -0.0440. The Bertz CT molecular complexity index is 599. The summed E-state index contributed by atoms with van der Waals surface area (Å²) >= 11 is 0. The zero-order valence-corrected chi connectivity index (χ0v) is 17.2. The molecule has 4 atom stereocenters. The van der Waals surface area contributed by atoms with Gasteiger partial charge in [0.15, 0.2) is 0 Å². The second-order valence-electron chi connectivity index (χ2n) is 8.96. The van der Waals surface area contributed by atoms with E-state index in [0.29, 0.717) is 5.92 Å². The molecule has 0 aromatic heterocycles. The van der Waals surface area contributed by atoms with Crippen LogP contribution in [0.4, 0.5) is 0 Å². The van der Waals surface area contributed by atoms with Gasteiger partial charge < -0.3 is 10.2 Å². The highest BCUT2D eigenvalue weighted by molar-refractivity contribution is 5.30. The number of aliphatic hydroxyl groups excluding tert-OH is 2. The molecule has 2 heteroatoms. The Balaban J connectivity index is 1.69. The van der Waals surface area contributed by atoms with Crippen LogP contribution < -0.4 is 0 Å². The van der Waals surface area contributed by atoms with Crippen molar-refractivity contribution < 1.29 is 10.2 Å². The molecule has 2 nitrogen and oxygen atoms in total. The summed E-state index contributed by atoms with van der Waals surface area (Å²) in [6.07, 6.45) is 15.2. The minimum atomic E-state index is -0.346. The fourth-order valence-corrected chi connectivity index (χ4v) is 5.42. The van der Waals surface area contributed by atoms with Crippen molar-refractivity contribution in [3.8, 4) is 0 Å². The Kier molecular flexibility index (Phi) is 7.16. The summed E-state index contributed by atoms with van der Waals surface area (Å²) in [4.78, 5) is 0. The summed E-state index contributed by atoms with van der Waals surface area (Å²) < 4.78 is 0. The molecule has 2 N–H and O–H groups in total. The molecule has 0 spiro atoms. The minimum Gasteiger partial charge on any atom is -0.392 e. The SMILES string of the molecule is CCCC=CC[C@H]1CC[C@@H](O)[C@@H]1c1ccc(C(O)C2(CCC)CCC2)cc1. The molecule has 150 valence electrons. The van der Waals surface area contributed by atoms with Gasteiger partial charge in [0.25, 0.3) is 0 Å². The lowest BCUT2D eigenvalue weighted by atomic mass is 9.61. The van der Waals surface area contributed by atoms with Gasteiger partial charge in [-0.3, -0.25) is 0 Å². The summed E-state index contributed by atoms with van der Waals surface area (Å²) in [5.41, 5.74) is 2.40. The lowest BCUT2D eigenvalue weighted by Crippen LogP contribution is -2.36. The molecule has 1 aromatic carbocycles. The summed E-state index contributed by atoms with van der Waals surface area (Å²) in [5, 5.41) is 21.6. The van der Waals surface area contributed by atoms with Gasteiger partial charge in [-0.1, -0.05) is 69.5 Å². The van der Waals surface area contributed by atoms with Gasteiger partial charge in [0.05, 0.1) is 12.2 Å². The Morgan fingerprint density at radius 2 is 1.81 bits per heavy atom. The van der Waals surface area contributed by atoms with Crippen molar-refractivity contribution in [2.45, 2.75) is 96.2 Å². The third-order valence-corrected chi connectivity index (χ3v) is 7.13. The molecule has 1 aromatic rings. The molecule has 1 unspecified atom stereocenters. The number of hydrogen-bond acceptors (Lipinski definition) is 2. The van der Waals surface area contributed by atoms with Crippen LogP contribution in [-0.4, -0.2) is 16.3 Å². The molecule has 2 aliphatic rings. The smallest absolute Gasteiger partial charge is 0.0846 e. The van der Waals surface area contributed by atoms with Crippen LogP contribution in [0.25, 0.3) is 0 Å². The monoisotopic (exact) mass is 370 g/mol. The molecule has 2 fully saturated rings. The zero-order valence-electron chi connectivity index (χ0n) is 17.2. The number of hydrogen-bond donors (Lipinski definition) is 2. The molecule has 0 aliphatic heterocycles. The quantitative estimate of drug-likeness (QED) is 0.501. The molecule has 0 heterocycles. The van der Waals surface area contributed by atoms with E-state index in [1.54, 1.807) is 0 Å².